The van der Waals surface area contributed by atoms with Crippen LogP contribution < -0.4 is 4.74 Å². The minimum Gasteiger partial charge on any atom is -0.468 e. The van der Waals surface area contributed by atoms with E-state index in [0.29, 0.717) is 18.0 Å². The highest BCUT2D eigenvalue weighted by molar-refractivity contribution is 5.68. The van der Waals surface area contributed by atoms with Crippen LogP contribution >= 0.6 is 0 Å². The monoisotopic (exact) mass is 396 g/mol. The molecular formula is C21H24N4O4. The number of hydrogen-bond acceptors (Lipinski definition) is 6. The molecule has 0 saturated heterocycles. The van der Waals surface area contributed by atoms with Crippen molar-refractivity contribution in [3.05, 3.63) is 65.9 Å². The lowest BCUT2D eigenvalue weighted by Gasteiger charge is -2.17. The summed E-state index contributed by atoms with van der Waals surface area (Å²) >= 11 is 0. The zero-order valence-corrected chi connectivity index (χ0v) is 16.7. The zero-order valence-electron chi connectivity index (χ0n) is 16.7. The van der Waals surface area contributed by atoms with Crippen LogP contribution in [0.5, 0.6) is 5.75 Å². The Morgan fingerprint density at radius 2 is 1.83 bits per heavy atom. The van der Waals surface area contributed by atoms with Crippen molar-refractivity contribution in [2.75, 3.05) is 21.0 Å². The lowest BCUT2D eigenvalue weighted by Crippen LogP contribution is -2.28. The van der Waals surface area contributed by atoms with Gasteiger partial charge in [0.1, 0.15) is 18.1 Å². The summed E-state index contributed by atoms with van der Waals surface area (Å²) in [4.78, 5) is 13.9. The van der Waals surface area contributed by atoms with E-state index < -0.39 is 6.09 Å². The second-order valence-electron chi connectivity index (χ2n) is 6.48. The number of carbonyl (C=O) groups excluding carboxylic acids is 1. The van der Waals surface area contributed by atoms with Crippen LogP contribution in [0.3, 0.4) is 0 Å². The van der Waals surface area contributed by atoms with E-state index in [2.05, 4.69) is 10.3 Å². The number of ether oxygens (including phenoxy) is 3. The molecule has 152 valence electrons. The van der Waals surface area contributed by atoms with Crippen molar-refractivity contribution in [1.82, 2.24) is 19.9 Å². The zero-order chi connectivity index (χ0) is 20.6. The normalized spacial score (nSPS) is 10.6. The summed E-state index contributed by atoms with van der Waals surface area (Å²) < 4.78 is 17.4. The van der Waals surface area contributed by atoms with Gasteiger partial charge in [-0.1, -0.05) is 35.5 Å². The third kappa shape index (κ3) is 5.32. The van der Waals surface area contributed by atoms with Crippen molar-refractivity contribution in [1.29, 1.82) is 0 Å². The Morgan fingerprint density at radius 3 is 2.52 bits per heavy atom. The highest BCUT2D eigenvalue weighted by Crippen LogP contribution is 2.24. The fraction of sp³-hybridized carbons (Fsp3) is 0.286. The van der Waals surface area contributed by atoms with Crippen molar-refractivity contribution >= 4 is 6.09 Å². The second kappa shape index (κ2) is 9.70. The first-order valence-corrected chi connectivity index (χ1v) is 9.11. The molecule has 8 heteroatoms. The molecule has 3 aromatic rings. The molecule has 0 spiro atoms. The minimum absolute atomic E-state index is 0.186. The summed E-state index contributed by atoms with van der Waals surface area (Å²) in [6, 6.07) is 17.0. The van der Waals surface area contributed by atoms with Crippen LogP contribution in [0.1, 0.15) is 11.3 Å². The average Bonchev–Trinajstić information content (AvgIpc) is 3.11. The SMILES string of the molecule is COCOc1ccc(-c2nnn(C)c2CN(C)C(=O)OCc2ccccc2)cc1. The third-order valence-corrected chi connectivity index (χ3v) is 4.32. The summed E-state index contributed by atoms with van der Waals surface area (Å²) in [7, 11) is 5.05. The summed E-state index contributed by atoms with van der Waals surface area (Å²) in [5.41, 5.74) is 3.32. The van der Waals surface area contributed by atoms with Gasteiger partial charge in [0, 0.05) is 26.8 Å². The first kappa shape index (κ1) is 20.3. The molecule has 0 aliphatic heterocycles. The van der Waals surface area contributed by atoms with Gasteiger partial charge in [-0.05, 0) is 29.8 Å². The van der Waals surface area contributed by atoms with Gasteiger partial charge in [0.2, 0.25) is 0 Å². The van der Waals surface area contributed by atoms with Crippen LogP contribution in [0.4, 0.5) is 4.79 Å². The first-order valence-electron chi connectivity index (χ1n) is 9.11. The van der Waals surface area contributed by atoms with Gasteiger partial charge in [0.25, 0.3) is 0 Å². The van der Waals surface area contributed by atoms with Crippen molar-refractivity contribution in [2.24, 2.45) is 7.05 Å². The Labute approximate surface area is 169 Å². The fourth-order valence-electron chi connectivity index (χ4n) is 2.73. The Hall–Kier alpha value is -3.39. The fourth-order valence-corrected chi connectivity index (χ4v) is 2.73. The second-order valence-corrected chi connectivity index (χ2v) is 6.48. The molecule has 0 atom stereocenters. The van der Waals surface area contributed by atoms with Gasteiger partial charge in [0.15, 0.2) is 6.79 Å². The topological polar surface area (TPSA) is 78.7 Å². The van der Waals surface area contributed by atoms with Crippen molar-refractivity contribution < 1.29 is 19.0 Å². The Balaban J connectivity index is 1.66. The summed E-state index contributed by atoms with van der Waals surface area (Å²) in [5.74, 6) is 0.697. The molecule has 0 aliphatic rings. The summed E-state index contributed by atoms with van der Waals surface area (Å²) in [6.07, 6.45) is -0.413. The number of rotatable bonds is 8. The van der Waals surface area contributed by atoms with Crippen molar-refractivity contribution in [2.45, 2.75) is 13.2 Å². The molecule has 2 aromatic carbocycles. The molecule has 1 heterocycles. The molecule has 8 nitrogen and oxygen atoms in total. The van der Waals surface area contributed by atoms with Crippen LogP contribution in [0, 0.1) is 0 Å². The molecule has 0 radical (unpaired) electrons. The van der Waals surface area contributed by atoms with Crippen LogP contribution in [0.25, 0.3) is 11.3 Å². The maximum absolute atomic E-state index is 12.4. The van der Waals surface area contributed by atoms with E-state index in [9.17, 15) is 4.79 Å². The average molecular weight is 396 g/mol. The Morgan fingerprint density at radius 1 is 1.10 bits per heavy atom. The summed E-state index contributed by atoms with van der Waals surface area (Å²) in [6.45, 7) is 0.726. The molecule has 1 amide bonds. The van der Waals surface area contributed by atoms with Crippen LogP contribution in [0.15, 0.2) is 54.6 Å². The molecule has 29 heavy (non-hydrogen) atoms. The third-order valence-electron chi connectivity index (χ3n) is 4.32. The number of benzene rings is 2. The molecule has 3 rings (SSSR count). The van der Waals surface area contributed by atoms with Crippen molar-refractivity contribution in [3.63, 3.8) is 0 Å². The molecule has 1 aromatic heterocycles. The van der Waals surface area contributed by atoms with Gasteiger partial charge < -0.3 is 19.1 Å². The smallest absolute Gasteiger partial charge is 0.410 e. The number of amides is 1. The number of aromatic nitrogens is 3. The largest absolute Gasteiger partial charge is 0.468 e. The molecule has 0 bridgehead atoms. The number of aryl methyl sites for hydroxylation is 1. The first-order chi connectivity index (χ1) is 14.1. The molecule has 0 fully saturated rings. The maximum atomic E-state index is 12.4. The highest BCUT2D eigenvalue weighted by atomic mass is 16.7. The van der Waals surface area contributed by atoms with E-state index >= 15 is 0 Å². The van der Waals surface area contributed by atoms with E-state index in [1.54, 1.807) is 25.9 Å². The van der Waals surface area contributed by atoms with Gasteiger partial charge >= 0.3 is 6.09 Å². The van der Waals surface area contributed by atoms with Gasteiger partial charge in [-0.3, -0.25) is 0 Å². The van der Waals surface area contributed by atoms with Gasteiger partial charge in [-0.25, -0.2) is 9.48 Å². The van der Waals surface area contributed by atoms with Gasteiger partial charge in [-0.15, -0.1) is 5.10 Å². The van der Waals surface area contributed by atoms with E-state index in [1.165, 1.54) is 4.90 Å². The lowest BCUT2D eigenvalue weighted by atomic mass is 10.1. The molecule has 0 unspecified atom stereocenters. The number of carbonyl (C=O) groups is 1. The number of methoxy groups -OCH3 is 1. The molecule has 0 saturated carbocycles. The van der Waals surface area contributed by atoms with E-state index in [0.717, 1.165) is 16.8 Å². The van der Waals surface area contributed by atoms with E-state index in [-0.39, 0.29) is 13.4 Å². The van der Waals surface area contributed by atoms with Crippen molar-refractivity contribution in [3.8, 4) is 17.0 Å². The van der Waals surface area contributed by atoms with Crippen LogP contribution in [-0.2, 0) is 29.7 Å². The van der Waals surface area contributed by atoms with Crippen LogP contribution in [0.2, 0.25) is 0 Å². The standard InChI is InChI=1S/C21H24N4O4/c1-24(21(26)28-14-16-7-5-4-6-8-16)13-19-20(22-23-25(19)2)17-9-11-18(12-10-17)29-15-27-3/h4-12H,13-15H2,1-3H3. The Bertz CT molecular complexity index is 926. The maximum Gasteiger partial charge on any atom is 0.410 e. The summed E-state index contributed by atoms with van der Waals surface area (Å²) in [5, 5.41) is 8.36. The highest BCUT2D eigenvalue weighted by Gasteiger charge is 2.18. The predicted octanol–water partition coefficient (Wildman–Crippen LogP) is 3.23. The number of hydrogen-bond donors (Lipinski definition) is 0. The lowest BCUT2D eigenvalue weighted by molar-refractivity contribution is 0.0511. The minimum atomic E-state index is -0.413. The molecular weight excluding hydrogens is 372 g/mol. The van der Waals surface area contributed by atoms with E-state index in [1.807, 2.05) is 54.6 Å². The van der Waals surface area contributed by atoms with Crippen LogP contribution in [-0.4, -0.2) is 46.9 Å². The van der Waals surface area contributed by atoms with E-state index in [4.69, 9.17) is 14.2 Å². The Kier molecular flexibility index (Phi) is 6.80. The number of nitrogens with zero attached hydrogens (tertiary/aromatic N) is 4. The molecule has 0 N–H and O–H groups in total. The quantitative estimate of drug-likeness (QED) is 0.544. The van der Waals surface area contributed by atoms with Gasteiger partial charge in [0.05, 0.1) is 12.2 Å². The van der Waals surface area contributed by atoms with Gasteiger partial charge in [-0.2, -0.15) is 0 Å². The predicted molar refractivity (Wildman–Crippen MR) is 107 cm³/mol. The molecule has 0 aliphatic carbocycles.